The number of hydrogen-bond acceptors (Lipinski definition) is 3. The highest BCUT2D eigenvalue weighted by Crippen LogP contribution is 2.36. The molecular formula is C22H30O3Si. The van der Waals surface area contributed by atoms with Crippen LogP contribution in [0.4, 0.5) is 0 Å². The molecule has 26 heavy (non-hydrogen) atoms. The van der Waals surface area contributed by atoms with Crippen LogP contribution in [-0.2, 0) is 4.43 Å². The molecule has 0 amide bonds. The van der Waals surface area contributed by atoms with Gasteiger partial charge in [0.1, 0.15) is 6.10 Å². The lowest BCUT2D eigenvalue weighted by Crippen LogP contribution is -2.67. The molecule has 0 unspecified atom stereocenters. The maximum Gasteiger partial charge on any atom is 0.261 e. The molecule has 0 bridgehead atoms. The van der Waals surface area contributed by atoms with Crippen molar-refractivity contribution in [2.75, 3.05) is 6.61 Å². The van der Waals surface area contributed by atoms with Gasteiger partial charge in [-0.1, -0.05) is 87.5 Å². The summed E-state index contributed by atoms with van der Waals surface area (Å²) in [5.74, 6) is 0. The number of benzene rings is 2. The van der Waals surface area contributed by atoms with Gasteiger partial charge in [-0.15, -0.1) is 6.58 Å². The first-order valence-electron chi connectivity index (χ1n) is 9.05. The first kappa shape index (κ1) is 20.6. The Morgan fingerprint density at radius 2 is 1.38 bits per heavy atom. The van der Waals surface area contributed by atoms with Crippen molar-refractivity contribution in [2.24, 2.45) is 0 Å². The van der Waals surface area contributed by atoms with Crippen LogP contribution in [-0.4, -0.2) is 37.3 Å². The molecule has 0 aromatic heterocycles. The lowest BCUT2D eigenvalue weighted by atomic mass is 10.1. The van der Waals surface area contributed by atoms with Crippen LogP contribution in [0.15, 0.2) is 73.3 Å². The van der Waals surface area contributed by atoms with E-state index in [0.717, 1.165) is 10.4 Å². The van der Waals surface area contributed by atoms with Gasteiger partial charge in [0.25, 0.3) is 8.32 Å². The second-order valence-corrected chi connectivity index (χ2v) is 11.9. The Morgan fingerprint density at radius 1 is 0.923 bits per heavy atom. The first-order chi connectivity index (χ1) is 12.3. The van der Waals surface area contributed by atoms with Crippen molar-refractivity contribution in [1.82, 2.24) is 0 Å². The van der Waals surface area contributed by atoms with Crippen LogP contribution in [0.3, 0.4) is 0 Å². The minimum absolute atomic E-state index is 0.0856. The first-order valence-corrected chi connectivity index (χ1v) is 11.0. The Balaban J connectivity index is 2.49. The van der Waals surface area contributed by atoms with Crippen molar-refractivity contribution in [3.05, 3.63) is 73.3 Å². The normalized spacial score (nSPS) is 14.7. The summed E-state index contributed by atoms with van der Waals surface area (Å²) in [6.45, 7) is 10.3. The van der Waals surface area contributed by atoms with Crippen LogP contribution < -0.4 is 10.4 Å². The van der Waals surface area contributed by atoms with E-state index in [1.165, 1.54) is 0 Å². The molecule has 140 valence electrons. The van der Waals surface area contributed by atoms with Crippen LogP contribution in [0.25, 0.3) is 0 Å². The monoisotopic (exact) mass is 370 g/mol. The van der Waals surface area contributed by atoms with E-state index in [9.17, 15) is 10.2 Å². The third-order valence-corrected chi connectivity index (χ3v) is 9.74. The zero-order valence-electron chi connectivity index (χ0n) is 15.9. The Kier molecular flexibility index (Phi) is 6.95. The summed E-state index contributed by atoms with van der Waals surface area (Å²) in [7, 11) is -2.68. The molecule has 0 aliphatic heterocycles. The molecule has 0 saturated heterocycles. The van der Waals surface area contributed by atoms with Gasteiger partial charge in [-0.3, -0.25) is 0 Å². The fourth-order valence-corrected chi connectivity index (χ4v) is 7.99. The number of aliphatic hydroxyl groups is 2. The van der Waals surface area contributed by atoms with Gasteiger partial charge in [-0.2, -0.15) is 0 Å². The van der Waals surface area contributed by atoms with Crippen molar-refractivity contribution in [3.8, 4) is 0 Å². The zero-order chi connectivity index (χ0) is 19.2. The third kappa shape index (κ3) is 4.33. The maximum atomic E-state index is 10.4. The SMILES string of the molecule is C=CC[C@@H](O)[C@H](O)CO[Si](c1ccccc1)(c1ccccc1)C(C)(C)C. The van der Waals surface area contributed by atoms with Gasteiger partial charge in [0, 0.05) is 0 Å². The van der Waals surface area contributed by atoms with Crippen molar-refractivity contribution >= 4 is 18.7 Å². The maximum absolute atomic E-state index is 10.4. The third-order valence-electron chi connectivity index (χ3n) is 4.74. The fourth-order valence-electron chi connectivity index (χ4n) is 3.41. The molecular weight excluding hydrogens is 340 g/mol. The van der Waals surface area contributed by atoms with E-state index in [-0.39, 0.29) is 11.6 Å². The zero-order valence-corrected chi connectivity index (χ0v) is 16.9. The molecule has 2 aromatic carbocycles. The molecule has 2 aromatic rings. The van der Waals surface area contributed by atoms with Gasteiger partial charge in [-0.05, 0) is 21.8 Å². The highest BCUT2D eigenvalue weighted by atomic mass is 28.4. The lowest BCUT2D eigenvalue weighted by molar-refractivity contribution is -0.00792. The van der Waals surface area contributed by atoms with E-state index in [4.69, 9.17) is 4.43 Å². The summed E-state index contributed by atoms with van der Waals surface area (Å²) in [6, 6.07) is 20.5. The molecule has 0 aliphatic rings. The number of rotatable bonds is 8. The molecule has 2 rings (SSSR count). The van der Waals surface area contributed by atoms with E-state index in [0.29, 0.717) is 6.42 Å². The van der Waals surface area contributed by atoms with Gasteiger partial charge in [-0.25, -0.2) is 0 Å². The van der Waals surface area contributed by atoms with E-state index < -0.39 is 20.5 Å². The molecule has 4 heteroatoms. The van der Waals surface area contributed by atoms with Gasteiger partial charge in [0.2, 0.25) is 0 Å². The Hall–Kier alpha value is -1.72. The largest absolute Gasteiger partial charge is 0.405 e. The molecule has 0 radical (unpaired) electrons. The molecule has 0 spiro atoms. The second-order valence-electron chi connectivity index (χ2n) is 7.63. The van der Waals surface area contributed by atoms with Crippen molar-refractivity contribution in [2.45, 2.75) is 44.4 Å². The second kappa shape index (κ2) is 8.78. The predicted molar refractivity (Wildman–Crippen MR) is 110 cm³/mol. The molecule has 0 aliphatic carbocycles. The van der Waals surface area contributed by atoms with E-state index in [1.54, 1.807) is 6.08 Å². The van der Waals surface area contributed by atoms with Crippen molar-refractivity contribution in [1.29, 1.82) is 0 Å². The molecule has 2 atom stereocenters. The summed E-state index contributed by atoms with van der Waals surface area (Å²) in [5.41, 5.74) is 0. The average Bonchev–Trinajstić information content (AvgIpc) is 2.63. The molecule has 0 saturated carbocycles. The summed E-state index contributed by atoms with van der Waals surface area (Å²) in [6.07, 6.45) is 0.127. The molecule has 0 heterocycles. The fraction of sp³-hybridized carbons (Fsp3) is 0.364. The van der Waals surface area contributed by atoms with Crippen LogP contribution in [0, 0.1) is 0 Å². The summed E-state index contributed by atoms with van der Waals surface area (Å²) in [4.78, 5) is 0. The highest BCUT2D eigenvalue weighted by Gasteiger charge is 2.50. The van der Waals surface area contributed by atoms with Gasteiger partial charge >= 0.3 is 0 Å². The molecule has 3 nitrogen and oxygen atoms in total. The van der Waals surface area contributed by atoms with E-state index >= 15 is 0 Å². The Labute approximate surface area is 158 Å². The Bertz CT molecular complexity index is 640. The minimum atomic E-state index is -2.68. The minimum Gasteiger partial charge on any atom is -0.405 e. The van der Waals surface area contributed by atoms with Gasteiger partial charge < -0.3 is 14.6 Å². The quantitative estimate of drug-likeness (QED) is 0.555. The lowest BCUT2D eigenvalue weighted by Gasteiger charge is -2.43. The van der Waals surface area contributed by atoms with Gasteiger partial charge in [0.05, 0.1) is 12.7 Å². The summed E-state index contributed by atoms with van der Waals surface area (Å²) >= 11 is 0. The van der Waals surface area contributed by atoms with Gasteiger partial charge in [0.15, 0.2) is 0 Å². The summed E-state index contributed by atoms with van der Waals surface area (Å²) < 4.78 is 6.59. The predicted octanol–water partition coefficient (Wildman–Crippen LogP) is 2.86. The number of aliphatic hydroxyl groups excluding tert-OH is 2. The van der Waals surface area contributed by atoms with Crippen molar-refractivity contribution < 1.29 is 14.6 Å². The van der Waals surface area contributed by atoms with Crippen LogP contribution in [0.5, 0.6) is 0 Å². The Morgan fingerprint density at radius 3 is 1.77 bits per heavy atom. The molecule has 2 N–H and O–H groups in total. The van der Waals surface area contributed by atoms with Crippen LogP contribution >= 0.6 is 0 Å². The highest BCUT2D eigenvalue weighted by molar-refractivity contribution is 6.99. The topological polar surface area (TPSA) is 49.7 Å². The van der Waals surface area contributed by atoms with Crippen LogP contribution in [0.1, 0.15) is 27.2 Å². The molecule has 0 fully saturated rings. The van der Waals surface area contributed by atoms with E-state index in [2.05, 4.69) is 51.6 Å². The van der Waals surface area contributed by atoms with Crippen molar-refractivity contribution in [3.63, 3.8) is 0 Å². The number of hydrogen-bond donors (Lipinski definition) is 2. The van der Waals surface area contributed by atoms with Crippen LogP contribution in [0.2, 0.25) is 5.04 Å². The van der Waals surface area contributed by atoms with E-state index in [1.807, 2.05) is 36.4 Å². The standard InChI is InChI=1S/C22H30O3Si/c1-5-12-20(23)21(24)17-25-26(22(2,3)4,18-13-8-6-9-14-18)19-15-10-7-11-16-19/h5-11,13-16,20-21,23-24H,1,12,17H2,2-4H3/t20-,21-/m1/s1. The smallest absolute Gasteiger partial charge is 0.261 e. The summed E-state index contributed by atoms with van der Waals surface area (Å²) in [5, 5.41) is 22.6. The average molecular weight is 371 g/mol.